The third kappa shape index (κ3) is 3.89. The minimum absolute atomic E-state index is 0.0497. The van der Waals surface area contributed by atoms with Crippen LogP contribution in [0.1, 0.15) is 38.2 Å². The van der Waals surface area contributed by atoms with Crippen molar-refractivity contribution < 1.29 is 23.5 Å². The van der Waals surface area contributed by atoms with Crippen molar-refractivity contribution in [2.45, 2.75) is 32.6 Å². The molecule has 144 valence electrons. The number of carbonyl (C=O) groups is 2. The molecule has 0 radical (unpaired) electrons. The van der Waals surface area contributed by atoms with E-state index in [1.807, 2.05) is 6.92 Å². The maximum atomic E-state index is 13.8. The van der Waals surface area contributed by atoms with Crippen LogP contribution in [0.4, 0.5) is 4.39 Å². The lowest BCUT2D eigenvalue weighted by Crippen LogP contribution is -2.40. The van der Waals surface area contributed by atoms with Crippen LogP contribution in [0.3, 0.4) is 0 Å². The van der Waals surface area contributed by atoms with E-state index in [0.717, 1.165) is 6.42 Å². The molecule has 0 N–H and O–H groups in total. The SMILES string of the molecule is CCCC1=NC2=C(C(=O)COC2)C(c2ccc(F)c(Br)c2)C1C(=O)OCC. The molecular formula is C20H21BrFNO4. The standard InChI is InChI=1S/C20H21BrFNO4/c1-3-5-14-19(20(25)27-4-2)17(11-6-7-13(22)12(21)8-11)18-15(23-14)9-26-10-16(18)24/h6-8,17,19H,3-5,9-10H2,1-2H3. The Morgan fingerprint density at radius 3 is 2.81 bits per heavy atom. The summed E-state index contributed by atoms with van der Waals surface area (Å²) >= 11 is 3.20. The van der Waals surface area contributed by atoms with Crippen LogP contribution in [0.2, 0.25) is 0 Å². The maximum Gasteiger partial charge on any atom is 0.315 e. The Hall–Kier alpha value is -1.86. The predicted octanol–water partition coefficient (Wildman–Crippen LogP) is 3.96. The van der Waals surface area contributed by atoms with Crippen molar-refractivity contribution in [2.24, 2.45) is 10.9 Å². The van der Waals surface area contributed by atoms with Crippen LogP contribution in [-0.2, 0) is 19.1 Å². The molecule has 27 heavy (non-hydrogen) atoms. The van der Waals surface area contributed by atoms with Gasteiger partial charge in [-0.05, 0) is 47.0 Å². The fraction of sp³-hybridized carbons (Fsp3) is 0.450. The van der Waals surface area contributed by atoms with Crippen LogP contribution in [-0.4, -0.2) is 37.3 Å². The molecular weight excluding hydrogens is 417 g/mol. The number of hydrogen-bond donors (Lipinski definition) is 0. The predicted molar refractivity (Wildman–Crippen MR) is 102 cm³/mol. The van der Waals surface area contributed by atoms with Gasteiger partial charge in [0.2, 0.25) is 0 Å². The van der Waals surface area contributed by atoms with Crippen LogP contribution < -0.4 is 0 Å². The van der Waals surface area contributed by atoms with Gasteiger partial charge in [-0.15, -0.1) is 0 Å². The van der Waals surface area contributed by atoms with Gasteiger partial charge in [-0.3, -0.25) is 14.6 Å². The molecule has 0 bridgehead atoms. The second-order valence-electron chi connectivity index (χ2n) is 6.51. The van der Waals surface area contributed by atoms with E-state index in [1.165, 1.54) is 6.07 Å². The molecule has 7 heteroatoms. The summed E-state index contributed by atoms with van der Waals surface area (Å²) < 4.78 is 24.7. The molecule has 1 aromatic rings. The van der Waals surface area contributed by atoms with Crippen molar-refractivity contribution >= 4 is 33.4 Å². The molecule has 1 aromatic carbocycles. The van der Waals surface area contributed by atoms with E-state index in [2.05, 4.69) is 20.9 Å². The van der Waals surface area contributed by atoms with E-state index in [-0.39, 0.29) is 30.1 Å². The molecule has 3 rings (SSSR count). The number of carbonyl (C=O) groups excluding carboxylic acids is 2. The van der Waals surface area contributed by atoms with E-state index in [1.54, 1.807) is 19.1 Å². The average molecular weight is 438 g/mol. The highest BCUT2D eigenvalue weighted by Crippen LogP contribution is 2.42. The van der Waals surface area contributed by atoms with Crippen LogP contribution in [0.15, 0.2) is 38.9 Å². The minimum atomic E-state index is -0.705. The summed E-state index contributed by atoms with van der Waals surface area (Å²) in [6.07, 6.45) is 1.40. The molecule has 2 unspecified atom stereocenters. The van der Waals surface area contributed by atoms with Crippen LogP contribution in [0.5, 0.6) is 0 Å². The molecule has 2 heterocycles. The van der Waals surface area contributed by atoms with Gasteiger partial charge >= 0.3 is 5.97 Å². The van der Waals surface area contributed by atoms with Crippen molar-refractivity contribution in [3.63, 3.8) is 0 Å². The van der Waals surface area contributed by atoms with Gasteiger partial charge in [-0.25, -0.2) is 4.39 Å². The van der Waals surface area contributed by atoms with E-state index < -0.39 is 23.6 Å². The van der Waals surface area contributed by atoms with Crippen LogP contribution in [0, 0.1) is 11.7 Å². The number of Topliss-reactive ketones (excluding diaryl/α,β-unsaturated/α-hetero) is 1. The number of rotatable bonds is 5. The number of ketones is 1. The lowest BCUT2D eigenvalue weighted by molar-refractivity contribution is -0.146. The Bertz CT molecular complexity index is 833. The van der Waals surface area contributed by atoms with E-state index in [9.17, 15) is 14.0 Å². The number of benzene rings is 1. The molecule has 0 saturated heterocycles. The zero-order chi connectivity index (χ0) is 19.6. The first-order valence-corrected chi connectivity index (χ1v) is 9.80. The molecule has 0 spiro atoms. The van der Waals surface area contributed by atoms with Crippen LogP contribution in [0.25, 0.3) is 0 Å². The molecule has 2 atom stereocenters. The number of hydrogen-bond acceptors (Lipinski definition) is 5. The summed E-state index contributed by atoms with van der Waals surface area (Å²) in [4.78, 5) is 30.1. The number of ether oxygens (including phenoxy) is 2. The highest BCUT2D eigenvalue weighted by molar-refractivity contribution is 9.10. The normalized spacial score (nSPS) is 22.4. The second-order valence-corrected chi connectivity index (χ2v) is 7.36. The summed E-state index contributed by atoms with van der Waals surface area (Å²) in [5.74, 6) is -2.29. The molecule has 2 aliphatic rings. The van der Waals surface area contributed by atoms with Gasteiger partial charge in [-0.2, -0.15) is 0 Å². The Morgan fingerprint density at radius 1 is 1.37 bits per heavy atom. The summed E-state index contributed by atoms with van der Waals surface area (Å²) in [5.41, 5.74) is 2.38. The summed E-state index contributed by atoms with van der Waals surface area (Å²) in [6.45, 7) is 4.15. The molecule has 5 nitrogen and oxygen atoms in total. The van der Waals surface area contributed by atoms with Gasteiger partial charge in [-0.1, -0.05) is 19.4 Å². The van der Waals surface area contributed by atoms with Crippen molar-refractivity contribution in [1.29, 1.82) is 0 Å². The lowest BCUT2D eigenvalue weighted by atomic mass is 9.73. The van der Waals surface area contributed by atoms with Gasteiger partial charge in [0.15, 0.2) is 5.78 Å². The Morgan fingerprint density at radius 2 is 2.15 bits per heavy atom. The molecule has 0 fully saturated rings. The third-order valence-electron chi connectivity index (χ3n) is 4.71. The van der Waals surface area contributed by atoms with E-state index in [0.29, 0.717) is 29.0 Å². The number of aliphatic imine (C=N–C) groups is 1. The molecule has 0 amide bonds. The van der Waals surface area contributed by atoms with Gasteiger partial charge in [0.05, 0.1) is 23.4 Å². The number of halogens is 2. The molecule has 0 aliphatic carbocycles. The number of nitrogens with zero attached hydrogens (tertiary/aromatic N) is 1. The monoisotopic (exact) mass is 437 g/mol. The Kier molecular flexibility index (Phi) is 6.22. The average Bonchev–Trinajstić information content (AvgIpc) is 2.63. The fourth-order valence-electron chi connectivity index (χ4n) is 3.64. The van der Waals surface area contributed by atoms with E-state index in [4.69, 9.17) is 9.47 Å². The number of esters is 1. The van der Waals surface area contributed by atoms with Crippen LogP contribution >= 0.6 is 15.9 Å². The summed E-state index contributed by atoms with van der Waals surface area (Å²) in [5, 5.41) is 0. The largest absolute Gasteiger partial charge is 0.465 e. The first-order valence-electron chi connectivity index (χ1n) is 9.00. The Labute approximate surface area is 165 Å². The fourth-order valence-corrected chi connectivity index (χ4v) is 4.04. The van der Waals surface area contributed by atoms with Gasteiger partial charge in [0, 0.05) is 17.2 Å². The van der Waals surface area contributed by atoms with Crippen molar-refractivity contribution in [3.8, 4) is 0 Å². The second kappa shape index (κ2) is 8.44. The maximum absolute atomic E-state index is 13.8. The zero-order valence-corrected chi connectivity index (χ0v) is 16.8. The molecule has 2 aliphatic heterocycles. The summed E-state index contributed by atoms with van der Waals surface area (Å²) in [7, 11) is 0. The van der Waals surface area contributed by atoms with Gasteiger partial charge < -0.3 is 9.47 Å². The van der Waals surface area contributed by atoms with Gasteiger partial charge in [0.25, 0.3) is 0 Å². The topological polar surface area (TPSA) is 65.0 Å². The highest BCUT2D eigenvalue weighted by Gasteiger charge is 2.44. The van der Waals surface area contributed by atoms with E-state index >= 15 is 0 Å². The zero-order valence-electron chi connectivity index (χ0n) is 15.3. The van der Waals surface area contributed by atoms with Crippen molar-refractivity contribution in [3.05, 3.63) is 45.3 Å². The quantitative estimate of drug-likeness (QED) is 0.653. The highest BCUT2D eigenvalue weighted by atomic mass is 79.9. The van der Waals surface area contributed by atoms with Gasteiger partial charge in [0.1, 0.15) is 18.3 Å². The third-order valence-corrected chi connectivity index (χ3v) is 5.32. The minimum Gasteiger partial charge on any atom is -0.465 e. The smallest absolute Gasteiger partial charge is 0.315 e. The van der Waals surface area contributed by atoms with Crippen molar-refractivity contribution in [1.82, 2.24) is 0 Å². The first kappa shape index (κ1) is 19.9. The molecule has 0 aromatic heterocycles. The molecule has 0 saturated carbocycles. The first-order chi connectivity index (χ1) is 13.0. The summed E-state index contributed by atoms with van der Waals surface area (Å²) in [6, 6.07) is 4.56. The lowest BCUT2D eigenvalue weighted by Gasteiger charge is -2.35. The Balaban J connectivity index is 2.19. The van der Waals surface area contributed by atoms with Crippen molar-refractivity contribution in [2.75, 3.05) is 19.8 Å².